The molecule has 6 nitrogen and oxygen atoms in total. The summed E-state index contributed by atoms with van der Waals surface area (Å²) in [6.07, 6.45) is 3.95. The zero-order valence-corrected chi connectivity index (χ0v) is 20.2. The molecule has 3 rings (SSSR count). The van der Waals surface area contributed by atoms with Crippen LogP contribution in [0.4, 0.5) is 10.1 Å². The van der Waals surface area contributed by atoms with E-state index in [0.29, 0.717) is 18.2 Å². The highest BCUT2D eigenvalue weighted by molar-refractivity contribution is 14.0. The first-order valence-corrected chi connectivity index (χ1v) is 10.4. The Balaban J connectivity index is 0.00000341. The monoisotopic (exact) mass is 539 g/mol. The van der Waals surface area contributed by atoms with E-state index >= 15 is 0 Å². The van der Waals surface area contributed by atoms with Gasteiger partial charge < -0.3 is 16.0 Å². The third kappa shape index (κ3) is 8.82. The zero-order chi connectivity index (χ0) is 21.2. The Kier molecular flexibility index (Phi) is 10.7. The number of nitrogens with one attached hydrogen (secondary N) is 3. The third-order valence-electron chi connectivity index (χ3n) is 5.09. The Morgan fingerprint density at radius 2 is 1.74 bits per heavy atom. The average Bonchev–Trinajstić information content (AvgIpc) is 2.76. The van der Waals surface area contributed by atoms with Crippen LogP contribution in [0.3, 0.4) is 0 Å². The van der Waals surface area contributed by atoms with Gasteiger partial charge in [-0.15, -0.1) is 24.0 Å². The van der Waals surface area contributed by atoms with Crippen LogP contribution in [0.5, 0.6) is 0 Å². The number of aliphatic imine (C=N–C) groups is 1. The van der Waals surface area contributed by atoms with Gasteiger partial charge in [0, 0.05) is 25.8 Å². The summed E-state index contributed by atoms with van der Waals surface area (Å²) >= 11 is 0. The smallest absolute Gasteiger partial charge is 0.243 e. The summed E-state index contributed by atoms with van der Waals surface area (Å²) in [5.41, 5.74) is 2.90. The van der Waals surface area contributed by atoms with Crippen LogP contribution in [0.1, 0.15) is 30.4 Å². The number of nitrogens with zero attached hydrogens (tertiary/aromatic N) is 2. The van der Waals surface area contributed by atoms with Crippen LogP contribution < -0.4 is 16.0 Å². The lowest BCUT2D eigenvalue weighted by Gasteiger charge is -2.26. The van der Waals surface area contributed by atoms with Gasteiger partial charge in [-0.3, -0.25) is 14.7 Å². The van der Waals surface area contributed by atoms with Crippen molar-refractivity contribution in [1.29, 1.82) is 0 Å². The summed E-state index contributed by atoms with van der Waals surface area (Å²) in [4.78, 5) is 18.7. The fourth-order valence-corrected chi connectivity index (χ4v) is 3.48. The molecule has 0 unspecified atom stereocenters. The summed E-state index contributed by atoms with van der Waals surface area (Å²) in [6, 6.07) is 14.4. The Hall–Kier alpha value is -2.20. The van der Waals surface area contributed by atoms with Gasteiger partial charge in [0.05, 0.1) is 6.54 Å². The van der Waals surface area contributed by atoms with E-state index in [1.807, 2.05) is 0 Å². The van der Waals surface area contributed by atoms with E-state index in [-0.39, 0.29) is 42.2 Å². The predicted molar refractivity (Wildman–Crippen MR) is 134 cm³/mol. The Bertz CT molecular complexity index is 853. The Labute approximate surface area is 200 Å². The molecule has 8 heteroatoms. The molecule has 0 atom stereocenters. The molecule has 0 bridgehead atoms. The molecule has 2 aromatic rings. The first-order chi connectivity index (χ1) is 14.6. The second-order valence-corrected chi connectivity index (χ2v) is 7.49. The normalized spacial score (nSPS) is 14.5. The van der Waals surface area contributed by atoms with Gasteiger partial charge in [-0.2, -0.15) is 0 Å². The highest BCUT2D eigenvalue weighted by atomic mass is 127. The Morgan fingerprint density at radius 3 is 2.42 bits per heavy atom. The van der Waals surface area contributed by atoms with Crippen molar-refractivity contribution in [3.8, 4) is 0 Å². The Morgan fingerprint density at radius 1 is 1.03 bits per heavy atom. The summed E-state index contributed by atoms with van der Waals surface area (Å²) in [5, 5.41) is 8.82. The standard InChI is InChI=1S/C23H30FN5O.HI/c1-25-23(27-16-22(30)28-21-7-5-6-20(24)14-21)26-15-18-8-10-19(11-9-18)17-29-12-3-2-4-13-29;/h5-11,14H,2-4,12-13,15-17H2,1H3,(H,28,30)(H2,25,26,27);1H. The summed E-state index contributed by atoms with van der Waals surface area (Å²) in [7, 11) is 1.65. The SMILES string of the molecule is CN=C(NCC(=O)Nc1cccc(F)c1)NCc1ccc(CN2CCCCC2)cc1.I. The van der Waals surface area contributed by atoms with Crippen LogP contribution in [-0.2, 0) is 17.9 Å². The quantitative estimate of drug-likeness (QED) is 0.285. The van der Waals surface area contributed by atoms with E-state index < -0.39 is 0 Å². The number of hydrogen-bond donors (Lipinski definition) is 3. The molecule has 1 aliphatic rings. The highest BCUT2D eigenvalue weighted by Crippen LogP contribution is 2.13. The van der Waals surface area contributed by atoms with Gasteiger partial charge in [0.15, 0.2) is 5.96 Å². The van der Waals surface area contributed by atoms with Gasteiger partial charge in [0.25, 0.3) is 0 Å². The van der Waals surface area contributed by atoms with Crippen molar-refractivity contribution in [1.82, 2.24) is 15.5 Å². The maximum atomic E-state index is 13.2. The topological polar surface area (TPSA) is 68.8 Å². The van der Waals surface area contributed by atoms with E-state index in [1.54, 1.807) is 19.2 Å². The van der Waals surface area contributed by atoms with Crippen molar-refractivity contribution in [2.75, 3.05) is 32.0 Å². The van der Waals surface area contributed by atoms with Crippen LogP contribution in [0, 0.1) is 5.82 Å². The molecule has 0 radical (unpaired) electrons. The average molecular weight is 539 g/mol. The van der Waals surface area contributed by atoms with Crippen LogP contribution in [0.15, 0.2) is 53.5 Å². The molecule has 1 aliphatic heterocycles. The number of rotatable bonds is 7. The number of carbonyl (C=O) groups is 1. The van der Waals surface area contributed by atoms with Gasteiger partial charge in [0.2, 0.25) is 5.91 Å². The minimum atomic E-state index is -0.389. The molecule has 1 fully saturated rings. The minimum Gasteiger partial charge on any atom is -0.352 e. The molecule has 2 aromatic carbocycles. The molecule has 0 spiro atoms. The van der Waals surface area contributed by atoms with Crippen molar-refractivity contribution in [2.24, 2.45) is 4.99 Å². The first-order valence-electron chi connectivity index (χ1n) is 10.4. The largest absolute Gasteiger partial charge is 0.352 e. The van der Waals surface area contributed by atoms with Crippen molar-refractivity contribution < 1.29 is 9.18 Å². The summed E-state index contributed by atoms with van der Waals surface area (Å²) in [6.45, 7) is 4.04. The van der Waals surface area contributed by atoms with Gasteiger partial charge in [-0.1, -0.05) is 36.8 Å². The number of amides is 1. The molecule has 1 heterocycles. The van der Waals surface area contributed by atoms with Crippen molar-refractivity contribution in [2.45, 2.75) is 32.4 Å². The molecule has 31 heavy (non-hydrogen) atoms. The second kappa shape index (κ2) is 13.3. The van der Waals surface area contributed by atoms with Crippen LogP contribution >= 0.6 is 24.0 Å². The van der Waals surface area contributed by atoms with Crippen LogP contribution in [-0.4, -0.2) is 43.4 Å². The van der Waals surface area contributed by atoms with Gasteiger partial charge in [-0.05, 0) is 55.3 Å². The van der Waals surface area contributed by atoms with Crippen molar-refractivity contribution in [3.05, 3.63) is 65.5 Å². The van der Waals surface area contributed by atoms with Gasteiger partial charge in [0.1, 0.15) is 5.82 Å². The number of benzene rings is 2. The van der Waals surface area contributed by atoms with Gasteiger partial charge in [-0.25, -0.2) is 4.39 Å². The fourth-order valence-electron chi connectivity index (χ4n) is 3.48. The number of halogens is 2. The molecule has 0 aromatic heterocycles. The van der Waals surface area contributed by atoms with Crippen molar-refractivity contribution in [3.63, 3.8) is 0 Å². The predicted octanol–water partition coefficient (Wildman–Crippen LogP) is 3.73. The molecule has 1 saturated heterocycles. The number of guanidine groups is 1. The van der Waals surface area contributed by atoms with Crippen LogP contribution in [0.2, 0.25) is 0 Å². The molecule has 0 saturated carbocycles. The van der Waals surface area contributed by atoms with E-state index in [2.05, 4.69) is 50.1 Å². The number of likely N-dealkylation sites (tertiary alicyclic amines) is 1. The molecular weight excluding hydrogens is 508 g/mol. The maximum absolute atomic E-state index is 13.2. The summed E-state index contributed by atoms with van der Waals surface area (Å²) in [5.74, 6) is -0.132. The lowest BCUT2D eigenvalue weighted by atomic mass is 10.1. The van der Waals surface area contributed by atoms with E-state index in [4.69, 9.17) is 0 Å². The molecule has 3 N–H and O–H groups in total. The zero-order valence-electron chi connectivity index (χ0n) is 17.9. The molecule has 0 aliphatic carbocycles. The molecule has 168 valence electrons. The summed E-state index contributed by atoms with van der Waals surface area (Å²) < 4.78 is 13.2. The number of carbonyl (C=O) groups excluding carboxylic acids is 1. The van der Waals surface area contributed by atoms with Crippen LogP contribution in [0.25, 0.3) is 0 Å². The van der Waals surface area contributed by atoms with E-state index in [9.17, 15) is 9.18 Å². The fraction of sp³-hybridized carbons (Fsp3) is 0.391. The number of hydrogen-bond acceptors (Lipinski definition) is 3. The van der Waals surface area contributed by atoms with Crippen molar-refractivity contribution >= 4 is 41.5 Å². The second-order valence-electron chi connectivity index (χ2n) is 7.49. The van der Waals surface area contributed by atoms with E-state index in [0.717, 1.165) is 12.1 Å². The molecular formula is C23H31FIN5O. The minimum absolute atomic E-state index is 0. The number of anilines is 1. The number of piperidine rings is 1. The van der Waals surface area contributed by atoms with Gasteiger partial charge >= 0.3 is 0 Å². The lowest BCUT2D eigenvalue weighted by Crippen LogP contribution is -2.41. The highest BCUT2D eigenvalue weighted by Gasteiger charge is 2.10. The lowest BCUT2D eigenvalue weighted by molar-refractivity contribution is -0.115. The van der Waals surface area contributed by atoms with E-state index in [1.165, 1.54) is 50.0 Å². The first kappa shape index (κ1) is 25.1. The maximum Gasteiger partial charge on any atom is 0.243 e. The third-order valence-corrected chi connectivity index (χ3v) is 5.09. The molecule has 1 amide bonds.